The van der Waals surface area contributed by atoms with Crippen LogP contribution in [-0.2, 0) is 10.2 Å². The molecule has 3 nitrogen and oxygen atoms in total. The summed E-state index contributed by atoms with van der Waals surface area (Å²) in [4.78, 5) is 10.7. The molecular weight excluding hydrogens is 192 g/mol. The first-order chi connectivity index (χ1) is 6.97. The van der Waals surface area contributed by atoms with Crippen LogP contribution < -0.4 is 4.74 Å². The van der Waals surface area contributed by atoms with Gasteiger partial charge in [0.1, 0.15) is 5.75 Å². The van der Waals surface area contributed by atoms with Crippen molar-refractivity contribution in [2.24, 2.45) is 0 Å². The molecular formula is C12H16O3. The SMILES string of the molecule is COc1ccccc1C(C)(C)CC(=O)O. The fourth-order valence-electron chi connectivity index (χ4n) is 1.68. The molecule has 0 unspecified atom stereocenters. The van der Waals surface area contributed by atoms with Crippen molar-refractivity contribution >= 4 is 5.97 Å². The zero-order chi connectivity index (χ0) is 11.5. The standard InChI is InChI=1S/C12H16O3/c1-12(2,8-11(13)14)9-6-4-5-7-10(9)15-3/h4-7H,8H2,1-3H3,(H,13,14). The zero-order valence-electron chi connectivity index (χ0n) is 9.28. The first kappa shape index (κ1) is 11.6. The van der Waals surface area contributed by atoms with Crippen LogP contribution >= 0.6 is 0 Å². The van der Waals surface area contributed by atoms with Gasteiger partial charge in [0, 0.05) is 11.0 Å². The molecule has 0 saturated heterocycles. The molecule has 0 fully saturated rings. The third kappa shape index (κ3) is 2.72. The molecule has 0 radical (unpaired) electrons. The molecule has 1 aromatic carbocycles. The number of ether oxygens (including phenoxy) is 1. The van der Waals surface area contributed by atoms with Crippen LogP contribution in [0.1, 0.15) is 25.8 Å². The van der Waals surface area contributed by atoms with Crippen molar-refractivity contribution < 1.29 is 14.6 Å². The number of methoxy groups -OCH3 is 1. The zero-order valence-corrected chi connectivity index (χ0v) is 9.28. The first-order valence-electron chi connectivity index (χ1n) is 4.82. The maximum atomic E-state index is 10.7. The van der Waals surface area contributed by atoms with Crippen LogP contribution in [-0.4, -0.2) is 18.2 Å². The normalized spacial score (nSPS) is 11.1. The number of carbonyl (C=O) groups is 1. The second-order valence-electron chi connectivity index (χ2n) is 4.15. The molecule has 0 saturated carbocycles. The van der Waals surface area contributed by atoms with Crippen molar-refractivity contribution in [2.45, 2.75) is 25.7 Å². The third-order valence-electron chi connectivity index (χ3n) is 2.43. The van der Waals surface area contributed by atoms with Crippen molar-refractivity contribution in [1.29, 1.82) is 0 Å². The number of carboxylic acids is 1. The Kier molecular flexibility index (Phi) is 3.35. The molecule has 0 spiro atoms. The van der Waals surface area contributed by atoms with Gasteiger partial charge >= 0.3 is 5.97 Å². The van der Waals surface area contributed by atoms with Gasteiger partial charge in [0.05, 0.1) is 13.5 Å². The van der Waals surface area contributed by atoms with Crippen LogP contribution in [0.3, 0.4) is 0 Å². The molecule has 0 aliphatic rings. The Labute approximate surface area is 89.7 Å². The summed E-state index contributed by atoms with van der Waals surface area (Å²) in [6.07, 6.45) is 0.0906. The van der Waals surface area contributed by atoms with Gasteiger partial charge < -0.3 is 9.84 Å². The van der Waals surface area contributed by atoms with E-state index in [4.69, 9.17) is 9.84 Å². The molecule has 15 heavy (non-hydrogen) atoms. The number of para-hydroxylation sites is 1. The Morgan fingerprint density at radius 2 is 2.00 bits per heavy atom. The Balaban J connectivity index is 3.07. The second kappa shape index (κ2) is 4.34. The van der Waals surface area contributed by atoms with Crippen molar-refractivity contribution in [3.05, 3.63) is 29.8 Å². The molecule has 0 amide bonds. The Hall–Kier alpha value is -1.51. The van der Waals surface area contributed by atoms with Crippen molar-refractivity contribution in [3.8, 4) is 5.75 Å². The molecule has 1 aromatic rings. The minimum Gasteiger partial charge on any atom is -0.496 e. The molecule has 0 bridgehead atoms. The fraction of sp³-hybridized carbons (Fsp3) is 0.417. The summed E-state index contributed by atoms with van der Waals surface area (Å²) in [7, 11) is 1.59. The molecule has 82 valence electrons. The van der Waals surface area contributed by atoms with Crippen LogP contribution in [0, 0.1) is 0 Å². The topological polar surface area (TPSA) is 46.5 Å². The quantitative estimate of drug-likeness (QED) is 0.826. The predicted molar refractivity (Wildman–Crippen MR) is 58.3 cm³/mol. The van der Waals surface area contributed by atoms with Crippen LogP contribution in [0.25, 0.3) is 0 Å². The summed E-state index contributed by atoms with van der Waals surface area (Å²) in [6, 6.07) is 7.52. The summed E-state index contributed by atoms with van der Waals surface area (Å²) < 4.78 is 5.22. The van der Waals surface area contributed by atoms with Gasteiger partial charge in [-0.1, -0.05) is 32.0 Å². The van der Waals surface area contributed by atoms with E-state index >= 15 is 0 Å². The number of hydrogen-bond acceptors (Lipinski definition) is 2. The maximum Gasteiger partial charge on any atom is 0.304 e. The van der Waals surface area contributed by atoms with Crippen LogP contribution in [0.2, 0.25) is 0 Å². The Morgan fingerprint density at radius 3 is 2.53 bits per heavy atom. The summed E-state index contributed by atoms with van der Waals surface area (Å²) in [5, 5.41) is 8.83. The summed E-state index contributed by atoms with van der Waals surface area (Å²) in [5.74, 6) is -0.0605. The monoisotopic (exact) mass is 208 g/mol. The van der Waals surface area contributed by atoms with Crippen molar-refractivity contribution in [3.63, 3.8) is 0 Å². The van der Waals surface area contributed by atoms with Crippen molar-refractivity contribution in [2.75, 3.05) is 7.11 Å². The summed E-state index contributed by atoms with van der Waals surface area (Å²) in [5.41, 5.74) is 0.508. The van der Waals surface area contributed by atoms with E-state index < -0.39 is 11.4 Å². The molecule has 0 aromatic heterocycles. The van der Waals surface area contributed by atoms with Gasteiger partial charge in [0.15, 0.2) is 0 Å². The number of aliphatic carboxylic acids is 1. The lowest BCUT2D eigenvalue weighted by Gasteiger charge is -2.25. The number of hydrogen-bond donors (Lipinski definition) is 1. The van der Waals surface area contributed by atoms with Crippen LogP contribution in [0.15, 0.2) is 24.3 Å². The lowest BCUT2D eigenvalue weighted by molar-refractivity contribution is -0.138. The van der Waals surface area contributed by atoms with Crippen LogP contribution in [0.5, 0.6) is 5.75 Å². The molecule has 0 atom stereocenters. The van der Waals surface area contributed by atoms with Gasteiger partial charge in [0.25, 0.3) is 0 Å². The average Bonchev–Trinajstić information content (AvgIpc) is 2.16. The highest BCUT2D eigenvalue weighted by molar-refractivity contribution is 5.69. The molecule has 0 heterocycles. The van der Waals surface area contributed by atoms with E-state index in [1.54, 1.807) is 7.11 Å². The van der Waals surface area contributed by atoms with E-state index in [1.165, 1.54) is 0 Å². The minimum atomic E-state index is -0.800. The number of rotatable bonds is 4. The molecule has 1 rings (SSSR count). The molecule has 3 heteroatoms. The molecule has 0 aliphatic heterocycles. The van der Waals surface area contributed by atoms with Gasteiger partial charge in [0.2, 0.25) is 0 Å². The lowest BCUT2D eigenvalue weighted by atomic mass is 9.81. The molecule has 1 N–H and O–H groups in total. The van der Waals surface area contributed by atoms with E-state index in [-0.39, 0.29) is 6.42 Å². The summed E-state index contributed by atoms with van der Waals surface area (Å²) >= 11 is 0. The Morgan fingerprint density at radius 1 is 1.40 bits per heavy atom. The summed E-state index contributed by atoms with van der Waals surface area (Å²) in [6.45, 7) is 3.80. The lowest BCUT2D eigenvalue weighted by Crippen LogP contribution is -2.22. The van der Waals surface area contributed by atoms with Gasteiger partial charge in [-0.05, 0) is 6.07 Å². The fourth-order valence-corrected chi connectivity index (χ4v) is 1.68. The van der Waals surface area contributed by atoms with Gasteiger partial charge in [-0.2, -0.15) is 0 Å². The van der Waals surface area contributed by atoms with Crippen LogP contribution in [0.4, 0.5) is 0 Å². The number of benzene rings is 1. The number of carboxylic acid groups (broad SMARTS) is 1. The third-order valence-corrected chi connectivity index (χ3v) is 2.43. The highest BCUT2D eigenvalue weighted by Crippen LogP contribution is 2.33. The van der Waals surface area contributed by atoms with E-state index in [0.29, 0.717) is 0 Å². The predicted octanol–water partition coefficient (Wildman–Crippen LogP) is 2.45. The minimum absolute atomic E-state index is 0.0906. The van der Waals surface area contributed by atoms with Gasteiger partial charge in [-0.3, -0.25) is 4.79 Å². The maximum absolute atomic E-state index is 10.7. The second-order valence-corrected chi connectivity index (χ2v) is 4.15. The van der Waals surface area contributed by atoms with Crippen molar-refractivity contribution in [1.82, 2.24) is 0 Å². The largest absolute Gasteiger partial charge is 0.496 e. The van der Waals surface area contributed by atoms with E-state index in [0.717, 1.165) is 11.3 Å². The van der Waals surface area contributed by atoms with E-state index in [2.05, 4.69) is 0 Å². The average molecular weight is 208 g/mol. The van der Waals surface area contributed by atoms with E-state index in [1.807, 2.05) is 38.1 Å². The van der Waals surface area contributed by atoms with E-state index in [9.17, 15) is 4.79 Å². The Bertz CT molecular complexity index is 356. The highest BCUT2D eigenvalue weighted by atomic mass is 16.5. The van der Waals surface area contributed by atoms with Gasteiger partial charge in [-0.15, -0.1) is 0 Å². The smallest absolute Gasteiger partial charge is 0.304 e. The highest BCUT2D eigenvalue weighted by Gasteiger charge is 2.26. The van der Waals surface area contributed by atoms with Gasteiger partial charge in [-0.25, -0.2) is 0 Å². The first-order valence-corrected chi connectivity index (χ1v) is 4.82. The molecule has 0 aliphatic carbocycles.